The molecule has 2 heterocycles. The summed E-state index contributed by atoms with van der Waals surface area (Å²) in [5, 5.41) is 3.52. The van der Waals surface area contributed by atoms with Crippen molar-refractivity contribution < 1.29 is 4.79 Å². The molecule has 7 heteroatoms. The maximum Gasteiger partial charge on any atom is 0.274 e. The summed E-state index contributed by atoms with van der Waals surface area (Å²) in [6.07, 6.45) is 2.21. The van der Waals surface area contributed by atoms with Crippen molar-refractivity contribution in [1.82, 2.24) is 9.97 Å². The highest BCUT2D eigenvalue weighted by Gasteiger charge is 2.20. The molecular formula is C18H20Cl2N4O. The number of amides is 1. The molecule has 1 aliphatic heterocycles. The average Bonchev–Trinajstić information content (AvgIpc) is 2.58. The number of nitrogens with zero attached hydrogens (tertiary/aromatic N) is 3. The number of carbonyl (C=O) groups excluding carboxylic acids is 1. The van der Waals surface area contributed by atoms with Crippen LogP contribution in [0.3, 0.4) is 0 Å². The topological polar surface area (TPSA) is 58.1 Å². The summed E-state index contributed by atoms with van der Waals surface area (Å²) in [4.78, 5) is 23.7. The molecule has 1 aromatic carbocycles. The first kappa shape index (κ1) is 18.0. The van der Waals surface area contributed by atoms with E-state index in [0.717, 1.165) is 31.6 Å². The lowest BCUT2D eigenvalue weighted by Gasteiger charge is -2.30. The van der Waals surface area contributed by atoms with Gasteiger partial charge in [0.25, 0.3) is 5.91 Å². The monoisotopic (exact) mass is 378 g/mol. The van der Waals surface area contributed by atoms with Gasteiger partial charge in [-0.2, -0.15) is 0 Å². The molecule has 0 saturated carbocycles. The van der Waals surface area contributed by atoms with Gasteiger partial charge >= 0.3 is 0 Å². The molecule has 0 atom stereocenters. The van der Waals surface area contributed by atoms with E-state index in [2.05, 4.69) is 27.1 Å². The number of piperidine rings is 1. The molecular weight excluding hydrogens is 359 g/mol. The first-order valence-corrected chi connectivity index (χ1v) is 9.05. The summed E-state index contributed by atoms with van der Waals surface area (Å²) in [6.45, 7) is 5.92. The van der Waals surface area contributed by atoms with Crippen LogP contribution in [0.25, 0.3) is 0 Å². The number of rotatable bonds is 3. The van der Waals surface area contributed by atoms with E-state index in [0.29, 0.717) is 33.3 Å². The molecule has 1 saturated heterocycles. The van der Waals surface area contributed by atoms with Crippen LogP contribution < -0.4 is 10.2 Å². The van der Waals surface area contributed by atoms with Crippen LogP contribution in [0.2, 0.25) is 10.0 Å². The van der Waals surface area contributed by atoms with Crippen molar-refractivity contribution in [3.8, 4) is 0 Å². The van der Waals surface area contributed by atoms with Crippen LogP contribution in [0.15, 0.2) is 24.3 Å². The van der Waals surface area contributed by atoms with Crippen LogP contribution in [-0.2, 0) is 0 Å². The fraction of sp³-hybridized carbons (Fsp3) is 0.389. The standard InChI is InChI=1S/C18H20Cl2N4O/c1-11-6-8-24(9-7-11)18-21-12(2)10-15(22-18)17(25)23-16-13(19)4-3-5-14(16)20/h3-5,10-11H,6-9H2,1-2H3,(H,23,25). The maximum absolute atomic E-state index is 12.6. The minimum absolute atomic E-state index is 0.303. The Hall–Kier alpha value is -1.85. The zero-order chi connectivity index (χ0) is 18.0. The van der Waals surface area contributed by atoms with Crippen molar-refractivity contribution in [2.24, 2.45) is 5.92 Å². The van der Waals surface area contributed by atoms with Gasteiger partial charge in [0.05, 0.1) is 15.7 Å². The Morgan fingerprint density at radius 2 is 1.84 bits per heavy atom. The Labute approximate surface area is 157 Å². The van der Waals surface area contributed by atoms with Gasteiger partial charge in [0.15, 0.2) is 0 Å². The second-order valence-electron chi connectivity index (χ2n) is 6.41. The third-order valence-corrected chi connectivity index (χ3v) is 4.97. The molecule has 0 unspecified atom stereocenters. The number of halogens is 2. The quantitative estimate of drug-likeness (QED) is 0.848. The van der Waals surface area contributed by atoms with Crippen LogP contribution in [-0.4, -0.2) is 29.0 Å². The molecule has 1 amide bonds. The molecule has 1 aliphatic rings. The van der Waals surface area contributed by atoms with Gasteiger partial charge in [-0.25, -0.2) is 9.97 Å². The first-order chi connectivity index (χ1) is 11.9. The molecule has 132 valence electrons. The number of anilines is 2. The van der Waals surface area contributed by atoms with Crippen molar-refractivity contribution in [3.05, 3.63) is 45.7 Å². The van der Waals surface area contributed by atoms with Gasteiger partial charge in [-0.05, 0) is 43.9 Å². The van der Waals surface area contributed by atoms with E-state index in [1.54, 1.807) is 24.3 Å². The molecule has 1 aromatic heterocycles. The Balaban J connectivity index is 1.83. The zero-order valence-corrected chi connectivity index (χ0v) is 15.7. The van der Waals surface area contributed by atoms with Crippen LogP contribution in [0, 0.1) is 12.8 Å². The van der Waals surface area contributed by atoms with Gasteiger partial charge < -0.3 is 10.2 Å². The second-order valence-corrected chi connectivity index (χ2v) is 7.23. The van der Waals surface area contributed by atoms with E-state index in [4.69, 9.17) is 23.2 Å². The summed E-state index contributed by atoms with van der Waals surface area (Å²) in [7, 11) is 0. The van der Waals surface area contributed by atoms with Crippen LogP contribution in [0.5, 0.6) is 0 Å². The Bertz CT molecular complexity index is 768. The predicted molar refractivity (Wildman–Crippen MR) is 102 cm³/mol. The van der Waals surface area contributed by atoms with Crippen molar-refractivity contribution in [2.75, 3.05) is 23.3 Å². The molecule has 0 radical (unpaired) electrons. The van der Waals surface area contributed by atoms with Gasteiger partial charge in [-0.15, -0.1) is 0 Å². The number of carbonyl (C=O) groups is 1. The molecule has 25 heavy (non-hydrogen) atoms. The third-order valence-electron chi connectivity index (χ3n) is 4.34. The number of benzene rings is 1. The fourth-order valence-electron chi connectivity index (χ4n) is 2.81. The van der Waals surface area contributed by atoms with Gasteiger partial charge in [0, 0.05) is 18.8 Å². The number of nitrogens with one attached hydrogen (secondary N) is 1. The summed E-state index contributed by atoms with van der Waals surface area (Å²) >= 11 is 12.2. The van der Waals surface area contributed by atoms with E-state index in [9.17, 15) is 4.79 Å². The van der Waals surface area contributed by atoms with Gasteiger partial charge in [-0.3, -0.25) is 4.79 Å². The van der Waals surface area contributed by atoms with Gasteiger partial charge in [0.2, 0.25) is 5.95 Å². The molecule has 0 spiro atoms. The highest BCUT2D eigenvalue weighted by atomic mass is 35.5. The molecule has 1 N–H and O–H groups in total. The van der Waals surface area contributed by atoms with Crippen molar-refractivity contribution >= 4 is 40.7 Å². The molecule has 0 bridgehead atoms. The summed E-state index contributed by atoms with van der Waals surface area (Å²) in [6, 6.07) is 6.74. The highest BCUT2D eigenvalue weighted by molar-refractivity contribution is 6.40. The number of aromatic nitrogens is 2. The second kappa shape index (κ2) is 7.58. The molecule has 1 fully saturated rings. The summed E-state index contributed by atoms with van der Waals surface area (Å²) < 4.78 is 0. The van der Waals surface area contributed by atoms with Gasteiger partial charge in [-0.1, -0.05) is 36.2 Å². The lowest BCUT2D eigenvalue weighted by Crippen LogP contribution is -2.34. The molecule has 3 rings (SSSR count). The van der Waals surface area contributed by atoms with Crippen LogP contribution in [0.1, 0.15) is 35.9 Å². The normalized spacial score (nSPS) is 15.3. The minimum Gasteiger partial charge on any atom is -0.341 e. The van der Waals surface area contributed by atoms with Crippen molar-refractivity contribution in [2.45, 2.75) is 26.7 Å². The number of para-hydroxylation sites is 1. The van der Waals surface area contributed by atoms with Crippen LogP contribution in [0.4, 0.5) is 11.6 Å². The Kier molecular flexibility index (Phi) is 5.45. The highest BCUT2D eigenvalue weighted by Crippen LogP contribution is 2.30. The van der Waals surface area contributed by atoms with Crippen LogP contribution >= 0.6 is 23.2 Å². The Morgan fingerprint density at radius 3 is 2.48 bits per heavy atom. The van der Waals surface area contributed by atoms with E-state index >= 15 is 0 Å². The lowest BCUT2D eigenvalue weighted by molar-refractivity contribution is 0.102. The third kappa shape index (κ3) is 4.22. The SMILES string of the molecule is Cc1cc(C(=O)Nc2c(Cl)cccc2Cl)nc(N2CCC(C)CC2)n1. The lowest BCUT2D eigenvalue weighted by atomic mass is 10.00. The largest absolute Gasteiger partial charge is 0.341 e. The zero-order valence-electron chi connectivity index (χ0n) is 14.2. The van der Waals surface area contributed by atoms with E-state index in [-0.39, 0.29) is 5.91 Å². The molecule has 2 aromatic rings. The smallest absolute Gasteiger partial charge is 0.274 e. The number of hydrogen-bond acceptors (Lipinski definition) is 4. The number of aryl methyl sites for hydroxylation is 1. The minimum atomic E-state index is -0.355. The fourth-order valence-corrected chi connectivity index (χ4v) is 3.31. The van der Waals surface area contributed by atoms with E-state index in [1.807, 2.05) is 6.92 Å². The molecule has 0 aliphatic carbocycles. The van der Waals surface area contributed by atoms with E-state index in [1.165, 1.54) is 0 Å². The van der Waals surface area contributed by atoms with Gasteiger partial charge in [0.1, 0.15) is 5.69 Å². The average molecular weight is 379 g/mol. The number of hydrogen-bond donors (Lipinski definition) is 1. The van der Waals surface area contributed by atoms with Crippen molar-refractivity contribution in [3.63, 3.8) is 0 Å². The predicted octanol–water partition coefficient (Wildman–Crippen LogP) is 4.58. The maximum atomic E-state index is 12.6. The summed E-state index contributed by atoms with van der Waals surface area (Å²) in [5.41, 5.74) is 1.44. The Morgan fingerprint density at radius 1 is 1.20 bits per heavy atom. The first-order valence-electron chi connectivity index (χ1n) is 8.30. The summed E-state index contributed by atoms with van der Waals surface area (Å²) in [5.74, 6) is 0.959. The van der Waals surface area contributed by atoms with Crippen molar-refractivity contribution in [1.29, 1.82) is 0 Å². The molecule has 5 nitrogen and oxygen atoms in total. The van der Waals surface area contributed by atoms with E-state index < -0.39 is 0 Å².